The van der Waals surface area contributed by atoms with Crippen LogP contribution in [0.25, 0.3) is 0 Å². The third-order valence-electron chi connectivity index (χ3n) is 3.08. The molecule has 0 atom stereocenters. The fourth-order valence-electron chi connectivity index (χ4n) is 2.12. The number of nitrogens with zero attached hydrogens (tertiary/aromatic N) is 2. The van der Waals surface area contributed by atoms with Crippen molar-refractivity contribution in [3.63, 3.8) is 0 Å². The third kappa shape index (κ3) is 4.33. The monoisotopic (exact) mass is 299 g/mol. The Morgan fingerprint density at radius 1 is 1.30 bits per heavy atom. The van der Waals surface area contributed by atoms with Gasteiger partial charge in [-0.05, 0) is 33.6 Å². The highest BCUT2D eigenvalue weighted by Gasteiger charge is 2.24. The van der Waals surface area contributed by atoms with Gasteiger partial charge in [-0.25, -0.2) is 13.4 Å². The van der Waals surface area contributed by atoms with Gasteiger partial charge in [-0.15, -0.1) is 0 Å². The van der Waals surface area contributed by atoms with Crippen LogP contribution in [0.5, 0.6) is 5.88 Å². The Morgan fingerprint density at radius 2 is 1.95 bits per heavy atom. The van der Waals surface area contributed by atoms with E-state index in [1.807, 2.05) is 20.8 Å². The van der Waals surface area contributed by atoms with Gasteiger partial charge in [0.15, 0.2) is 0 Å². The predicted octanol–water partition coefficient (Wildman–Crippen LogP) is 1.56. The van der Waals surface area contributed by atoms with E-state index in [0.29, 0.717) is 24.7 Å². The molecule has 2 heterocycles. The number of rotatable bonds is 4. The van der Waals surface area contributed by atoms with Crippen LogP contribution in [0.15, 0.2) is 6.07 Å². The van der Waals surface area contributed by atoms with Crippen LogP contribution >= 0.6 is 0 Å². The van der Waals surface area contributed by atoms with E-state index in [9.17, 15) is 8.42 Å². The zero-order valence-corrected chi connectivity index (χ0v) is 12.9. The van der Waals surface area contributed by atoms with Gasteiger partial charge < -0.3 is 10.1 Å². The van der Waals surface area contributed by atoms with Gasteiger partial charge >= 0.3 is 0 Å². The molecule has 1 aliphatic rings. The number of ether oxygens (including phenoxy) is 1. The van der Waals surface area contributed by atoms with Crippen molar-refractivity contribution in [2.75, 3.05) is 16.8 Å². The van der Waals surface area contributed by atoms with Gasteiger partial charge in [0.25, 0.3) is 0 Å². The summed E-state index contributed by atoms with van der Waals surface area (Å²) in [4.78, 5) is 8.63. The number of hydrogen-bond acceptors (Lipinski definition) is 6. The van der Waals surface area contributed by atoms with E-state index < -0.39 is 9.84 Å². The lowest BCUT2D eigenvalue weighted by Crippen LogP contribution is -2.32. The van der Waals surface area contributed by atoms with Crippen LogP contribution in [-0.4, -0.2) is 42.0 Å². The van der Waals surface area contributed by atoms with Crippen molar-refractivity contribution in [3.8, 4) is 5.88 Å². The van der Waals surface area contributed by atoms with Crippen molar-refractivity contribution >= 4 is 15.8 Å². The zero-order chi connectivity index (χ0) is 14.8. The molecule has 0 spiro atoms. The summed E-state index contributed by atoms with van der Waals surface area (Å²) in [6.45, 7) is 5.76. The molecule has 2 rings (SSSR count). The van der Waals surface area contributed by atoms with E-state index in [2.05, 4.69) is 15.3 Å². The molecule has 112 valence electrons. The SMILES string of the molecule is Cc1cc(OC(C)C)nc(NC2CCS(=O)(=O)CC2)n1. The third-order valence-corrected chi connectivity index (χ3v) is 4.79. The molecule has 1 aromatic heterocycles. The van der Waals surface area contributed by atoms with Gasteiger partial charge in [0.05, 0.1) is 17.6 Å². The van der Waals surface area contributed by atoms with Gasteiger partial charge in [-0.1, -0.05) is 0 Å². The molecule has 1 aliphatic heterocycles. The molecule has 1 N–H and O–H groups in total. The second kappa shape index (κ2) is 5.95. The average Bonchev–Trinajstić information content (AvgIpc) is 2.30. The van der Waals surface area contributed by atoms with Gasteiger partial charge in [0.2, 0.25) is 11.8 Å². The van der Waals surface area contributed by atoms with Crippen molar-refractivity contribution in [1.82, 2.24) is 9.97 Å². The van der Waals surface area contributed by atoms with Crippen LogP contribution in [0.1, 0.15) is 32.4 Å². The molecular weight excluding hydrogens is 278 g/mol. The smallest absolute Gasteiger partial charge is 0.226 e. The molecule has 1 fully saturated rings. The zero-order valence-electron chi connectivity index (χ0n) is 12.1. The summed E-state index contributed by atoms with van der Waals surface area (Å²) in [6.07, 6.45) is 1.25. The van der Waals surface area contributed by atoms with E-state index >= 15 is 0 Å². The lowest BCUT2D eigenvalue weighted by atomic mass is 10.2. The summed E-state index contributed by atoms with van der Waals surface area (Å²) in [5, 5.41) is 3.21. The number of hydrogen-bond donors (Lipinski definition) is 1. The second-order valence-electron chi connectivity index (χ2n) is 5.41. The molecule has 0 aromatic carbocycles. The maximum atomic E-state index is 11.4. The normalized spacial score (nSPS) is 19.0. The van der Waals surface area contributed by atoms with Crippen LogP contribution in [0, 0.1) is 6.92 Å². The Morgan fingerprint density at radius 3 is 2.55 bits per heavy atom. The Bertz CT molecular complexity index is 558. The van der Waals surface area contributed by atoms with Gasteiger partial charge in [0, 0.05) is 17.8 Å². The van der Waals surface area contributed by atoms with E-state index in [1.165, 1.54) is 0 Å². The molecule has 0 amide bonds. The summed E-state index contributed by atoms with van der Waals surface area (Å²) in [5.74, 6) is 1.50. The maximum absolute atomic E-state index is 11.4. The molecule has 1 saturated heterocycles. The maximum Gasteiger partial charge on any atom is 0.226 e. The van der Waals surface area contributed by atoms with E-state index in [-0.39, 0.29) is 23.7 Å². The molecule has 0 radical (unpaired) electrons. The average molecular weight is 299 g/mol. The first-order valence-corrected chi connectivity index (χ1v) is 8.65. The lowest BCUT2D eigenvalue weighted by Gasteiger charge is -2.23. The highest BCUT2D eigenvalue weighted by atomic mass is 32.2. The largest absolute Gasteiger partial charge is 0.475 e. The predicted molar refractivity (Wildman–Crippen MR) is 77.8 cm³/mol. The van der Waals surface area contributed by atoms with Gasteiger partial charge in [-0.2, -0.15) is 4.98 Å². The fourth-order valence-corrected chi connectivity index (χ4v) is 3.61. The minimum atomic E-state index is -2.85. The number of aromatic nitrogens is 2. The summed E-state index contributed by atoms with van der Waals surface area (Å²) in [6, 6.07) is 1.89. The first-order valence-electron chi connectivity index (χ1n) is 6.83. The van der Waals surface area contributed by atoms with E-state index in [1.54, 1.807) is 6.07 Å². The number of nitrogens with one attached hydrogen (secondary N) is 1. The van der Waals surface area contributed by atoms with Crippen molar-refractivity contribution in [2.45, 2.75) is 45.8 Å². The first-order chi connectivity index (χ1) is 9.34. The molecule has 6 nitrogen and oxygen atoms in total. The van der Waals surface area contributed by atoms with Gasteiger partial charge in [0.1, 0.15) is 9.84 Å². The summed E-state index contributed by atoms with van der Waals surface area (Å²) in [5.41, 5.74) is 0.821. The van der Waals surface area contributed by atoms with E-state index in [4.69, 9.17) is 4.74 Å². The summed E-state index contributed by atoms with van der Waals surface area (Å²) in [7, 11) is -2.85. The number of anilines is 1. The van der Waals surface area contributed by atoms with Crippen LogP contribution in [-0.2, 0) is 9.84 Å². The Kier molecular flexibility index (Phi) is 4.47. The molecule has 0 bridgehead atoms. The molecule has 7 heteroatoms. The van der Waals surface area contributed by atoms with Crippen molar-refractivity contribution in [1.29, 1.82) is 0 Å². The van der Waals surface area contributed by atoms with Crippen LogP contribution in [0.4, 0.5) is 5.95 Å². The van der Waals surface area contributed by atoms with Crippen LogP contribution in [0.3, 0.4) is 0 Å². The standard InChI is InChI=1S/C13H21N3O3S/c1-9(2)19-12-8-10(3)14-13(16-12)15-11-4-6-20(17,18)7-5-11/h8-9,11H,4-7H2,1-3H3,(H,14,15,16). The van der Waals surface area contributed by atoms with Crippen molar-refractivity contribution < 1.29 is 13.2 Å². The molecule has 0 unspecified atom stereocenters. The molecule has 20 heavy (non-hydrogen) atoms. The van der Waals surface area contributed by atoms with Crippen molar-refractivity contribution in [3.05, 3.63) is 11.8 Å². The quantitative estimate of drug-likeness (QED) is 0.908. The number of aryl methyl sites for hydroxylation is 1. The van der Waals surface area contributed by atoms with E-state index in [0.717, 1.165) is 5.69 Å². The van der Waals surface area contributed by atoms with Crippen LogP contribution < -0.4 is 10.1 Å². The minimum Gasteiger partial charge on any atom is -0.475 e. The topological polar surface area (TPSA) is 81.2 Å². The highest BCUT2D eigenvalue weighted by Crippen LogP contribution is 2.18. The summed E-state index contributed by atoms with van der Waals surface area (Å²) >= 11 is 0. The second-order valence-corrected chi connectivity index (χ2v) is 7.71. The molecule has 0 aliphatic carbocycles. The Hall–Kier alpha value is -1.37. The number of sulfone groups is 1. The Balaban J connectivity index is 2.04. The lowest BCUT2D eigenvalue weighted by molar-refractivity contribution is 0.232. The van der Waals surface area contributed by atoms with Crippen molar-refractivity contribution in [2.24, 2.45) is 0 Å². The molecule has 1 aromatic rings. The highest BCUT2D eigenvalue weighted by molar-refractivity contribution is 7.91. The van der Waals surface area contributed by atoms with Crippen LogP contribution in [0.2, 0.25) is 0 Å². The Labute approximate surface area is 119 Å². The molecule has 0 saturated carbocycles. The minimum absolute atomic E-state index is 0.0528. The molecular formula is C13H21N3O3S. The first kappa shape index (κ1) is 15.0. The summed E-state index contributed by atoms with van der Waals surface area (Å²) < 4.78 is 28.4. The fraction of sp³-hybridized carbons (Fsp3) is 0.692. The van der Waals surface area contributed by atoms with Gasteiger partial charge in [-0.3, -0.25) is 0 Å².